The summed E-state index contributed by atoms with van der Waals surface area (Å²) in [5.41, 5.74) is 2.05. The number of hydrogen-bond donors (Lipinski definition) is 1. The third kappa shape index (κ3) is 6.41. The van der Waals surface area contributed by atoms with Gasteiger partial charge in [-0.25, -0.2) is 0 Å². The number of halogens is 4. The Labute approximate surface area is 205 Å². The highest BCUT2D eigenvalue weighted by atomic mass is 35.5. The van der Waals surface area contributed by atoms with Gasteiger partial charge in [-0.2, -0.15) is 5.26 Å². The van der Waals surface area contributed by atoms with E-state index in [-0.39, 0.29) is 28.0 Å². The molecular formula is C24H16Cl4N2O2. The van der Waals surface area contributed by atoms with Crippen LogP contribution in [-0.4, -0.2) is 5.91 Å². The molecule has 0 heterocycles. The Morgan fingerprint density at radius 3 is 2.28 bits per heavy atom. The molecule has 0 aromatic heterocycles. The molecule has 0 saturated carbocycles. The van der Waals surface area contributed by atoms with Crippen molar-refractivity contribution in [2.45, 2.75) is 13.2 Å². The first-order chi connectivity index (χ1) is 15.4. The minimum atomic E-state index is -0.499. The molecular weight excluding hydrogens is 490 g/mol. The monoisotopic (exact) mass is 504 g/mol. The lowest BCUT2D eigenvalue weighted by Crippen LogP contribution is -2.23. The SMILES string of the molecule is N#C/C(=C/c1cc(Cl)c(OCc2ccc(Cl)cc2Cl)c(Cl)c1)C(=O)NCc1ccccc1. The van der Waals surface area contributed by atoms with Crippen LogP contribution in [0.2, 0.25) is 20.1 Å². The molecule has 8 heteroatoms. The van der Waals surface area contributed by atoms with E-state index in [0.717, 1.165) is 5.56 Å². The molecule has 162 valence electrons. The molecule has 4 nitrogen and oxygen atoms in total. The Morgan fingerprint density at radius 1 is 0.969 bits per heavy atom. The molecule has 3 aromatic rings. The lowest BCUT2D eigenvalue weighted by molar-refractivity contribution is -0.117. The van der Waals surface area contributed by atoms with Gasteiger partial charge in [-0.15, -0.1) is 0 Å². The molecule has 0 fully saturated rings. The van der Waals surface area contributed by atoms with Crippen molar-refractivity contribution in [3.63, 3.8) is 0 Å². The number of carbonyl (C=O) groups excluding carboxylic acids is 1. The standard InChI is InChI=1S/C24H16Cl4N2O2/c25-19-7-6-17(20(26)11-19)14-32-23-21(27)9-16(10-22(23)28)8-18(12-29)24(31)30-13-15-4-2-1-3-5-15/h1-11H,13-14H2,(H,30,31)/b18-8-. The predicted molar refractivity (Wildman–Crippen MR) is 129 cm³/mol. The maximum Gasteiger partial charge on any atom is 0.262 e. The first-order valence-corrected chi connectivity index (χ1v) is 10.9. The summed E-state index contributed by atoms with van der Waals surface area (Å²) in [5.74, 6) is -0.232. The molecule has 0 aliphatic carbocycles. The van der Waals surface area contributed by atoms with Crippen LogP contribution in [0.15, 0.2) is 66.2 Å². The van der Waals surface area contributed by atoms with Gasteiger partial charge in [-0.3, -0.25) is 4.79 Å². The molecule has 0 radical (unpaired) electrons. The normalized spacial score (nSPS) is 11.0. The van der Waals surface area contributed by atoms with Crippen LogP contribution in [0.5, 0.6) is 5.75 Å². The number of nitrogens with zero attached hydrogens (tertiary/aromatic N) is 1. The van der Waals surface area contributed by atoms with Gasteiger partial charge in [0.25, 0.3) is 5.91 Å². The van der Waals surface area contributed by atoms with Crippen LogP contribution in [0, 0.1) is 11.3 Å². The fourth-order valence-electron chi connectivity index (χ4n) is 2.78. The molecule has 0 atom stereocenters. The summed E-state index contributed by atoms with van der Waals surface area (Å²) < 4.78 is 5.74. The Hall–Kier alpha value is -2.68. The number of hydrogen-bond acceptors (Lipinski definition) is 3. The van der Waals surface area contributed by atoms with Crippen LogP contribution in [-0.2, 0) is 17.9 Å². The Balaban J connectivity index is 1.72. The number of carbonyl (C=O) groups is 1. The topological polar surface area (TPSA) is 62.1 Å². The summed E-state index contributed by atoms with van der Waals surface area (Å²) in [6.07, 6.45) is 1.41. The van der Waals surface area contributed by atoms with Crippen molar-refractivity contribution in [3.05, 3.63) is 103 Å². The average molecular weight is 506 g/mol. The summed E-state index contributed by atoms with van der Waals surface area (Å²) >= 11 is 24.7. The molecule has 0 aliphatic heterocycles. The van der Waals surface area contributed by atoms with E-state index in [9.17, 15) is 10.1 Å². The smallest absolute Gasteiger partial charge is 0.262 e. The van der Waals surface area contributed by atoms with Gasteiger partial charge in [0.15, 0.2) is 5.75 Å². The third-order valence-corrected chi connectivity index (χ3v) is 5.53. The van der Waals surface area contributed by atoms with Crippen LogP contribution < -0.4 is 10.1 Å². The second-order valence-electron chi connectivity index (χ2n) is 6.68. The van der Waals surface area contributed by atoms with Crippen molar-refractivity contribution in [2.75, 3.05) is 0 Å². The number of benzene rings is 3. The number of rotatable bonds is 7. The van der Waals surface area contributed by atoms with Gasteiger partial charge in [0.05, 0.1) is 10.0 Å². The highest BCUT2D eigenvalue weighted by Gasteiger charge is 2.13. The van der Waals surface area contributed by atoms with Gasteiger partial charge in [-0.05, 0) is 41.5 Å². The molecule has 1 amide bonds. The summed E-state index contributed by atoms with van der Waals surface area (Å²) in [4.78, 5) is 12.4. The maximum atomic E-state index is 12.4. The minimum absolute atomic E-state index is 0.0744. The van der Waals surface area contributed by atoms with E-state index in [0.29, 0.717) is 27.7 Å². The lowest BCUT2D eigenvalue weighted by Gasteiger charge is -2.12. The van der Waals surface area contributed by atoms with Crippen LogP contribution >= 0.6 is 46.4 Å². The van der Waals surface area contributed by atoms with E-state index >= 15 is 0 Å². The molecule has 0 unspecified atom stereocenters. The number of ether oxygens (including phenoxy) is 1. The van der Waals surface area contributed by atoms with Crippen molar-refractivity contribution in [3.8, 4) is 11.8 Å². The second kappa shape index (κ2) is 11.3. The molecule has 0 aliphatic rings. The maximum absolute atomic E-state index is 12.4. The Bertz CT molecular complexity index is 1180. The van der Waals surface area contributed by atoms with E-state index in [4.69, 9.17) is 51.1 Å². The lowest BCUT2D eigenvalue weighted by atomic mass is 10.1. The van der Waals surface area contributed by atoms with Crippen molar-refractivity contribution in [1.29, 1.82) is 5.26 Å². The molecule has 0 bridgehead atoms. The van der Waals surface area contributed by atoms with E-state index in [2.05, 4.69) is 5.32 Å². The molecule has 3 aromatic carbocycles. The van der Waals surface area contributed by atoms with Crippen molar-refractivity contribution >= 4 is 58.4 Å². The van der Waals surface area contributed by atoms with E-state index < -0.39 is 5.91 Å². The van der Waals surface area contributed by atoms with Gasteiger partial charge in [0.1, 0.15) is 18.2 Å². The van der Waals surface area contributed by atoms with Gasteiger partial charge in [-0.1, -0.05) is 82.8 Å². The fourth-order valence-corrected chi connectivity index (χ4v) is 3.85. The zero-order chi connectivity index (χ0) is 23.1. The molecule has 0 spiro atoms. The van der Waals surface area contributed by atoms with Crippen molar-refractivity contribution in [2.24, 2.45) is 0 Å². The number of nitriles is 1. The summed E-state index contributed by atoms with van der Waals surface area (Å²) in [7, 11) is 0. The number of nitrogens with one attached hydrogen (secondary N) is 1. The Morgan fingerprint density at radius 2 is 1.66 bits per heavy atom. The van der Waals surface area contributed by atoms with Crippen LogP contribution in [0.1, 0.15) is 16.7 Å². The quantitative estimate of drug-likeness (QED) is 0.275. The van der Waals surface area contributed by atoms with Gasteiger partial charge in [0, 0.05) is 22.2 Å². The highest BCUT2D eigenvalue weighted by molar-refractivity contribution is 6.37. The zero-order valence-electron chi connectivity index (χ0n) is 16.5. The zero-order valence-corrected chi connectivity index (χ0v) is 19.6. The predicted octanol–water partition coefficient (Wildman–Crippen LogP) is 7.10. The second-order valence-corrected chi connectivity index (χ2v) is 8.33. The van der Waals surface area contributed by atoms with E-state index in [1.54, 1.807) is 30.3 Å². The first-order valence-electron chi connectivity index (χ1n) is 9.37. The largest absolute Gasteiger partial charge is 0.486 e. The van der Waals surface area contributed by atoms with Gasteiger partial charge >= 0.3 is 0 Å². The van der Waals surface area contributed by atoms with Gasteiger partial charge in [0.2, 0.25) is 0 Å². The summed E-state index contributed by atoms with van der Waals surface area (Å²) in [6, 6.07) is 19.5. The minimum Gasteiger partial charge on any atom is -0.486 e. The third-order valence-electron chi connectivity index (χ3n) is 4.38. The molecule has 0 saturated heterocycles. The van der Waals surface area contributed by atoms with Crippen LogP contribution in [0.4, 0.5) is 0 Å². The van der Waals surface area contributed by atoms with Crippen LogP contribution in [0.25, 0.3) is 6.08 Å². The van der Waals surface area contributed by atoms with E-state index in [1.807, 2.05) is 36.4 Å². The first kappa shape index (κ1) is 24.0. The van der Waals surface area contributed by atoms with Crippen LogP contribution in [0.3, 0.4) is 0 Å². The van der Waals surface area contributed by atoms with Crippen molar-refractivity contribution in [1.82, 2.24) is 5.32 Å². The average Bonchev–Trinajstić information content (AvgIpc) is 2.77. The van der Waals surface area contributed by atoms with Gasteiger partial charge < -0.3 is 10.1 Å². The van der Waals surface area contributed by atoms with E-state index in [1.165, 1.54) is 6.08 Å². The summed E-state index contributed by atoms with van der Waals surface area (Å²) in [5, 5.41) is 13.6. The molecule has 32 heavy (non-hydrogen) atoms. The van der Waals surface area contributed by atoms with Crippen molar-refractivity contribution < 1.29 is 9.53 Å². The fraction of sp³-hybridized carbons (Fsp3) is 0.0833. The molecule has 3 rings (SSSR count). The Kier molecular flexibility index (Phi) is 8.44. The summed E-state index contributed by atoms with van der Waals surface area (Å²) in [6.45, 7) is 0.441. The molecule has 1 N–H and O–H groups in total. The highest BCUT2D eigenvalue weighted by Crippen LogP contribution is 2.36. The number of amides is 1.